The molecule has 0 aliphatic heterocycles. The number of aliphatic hydroxyl groups is 1. The van der Waals surface area contributed by atoms with Gasteiger partial charge < -0.3 is 47.7 Å². The first-order chi connectivity index (χ1) is 19.8. The zero-order valence-electron chi connectivity index (χ0n) is 22.7. The molecule has 224 valence electrons. The summed E-state index contributed by atoms with van der Waals surface area (Å²) in [6.07, 6.45) is -0.445. The maximum atomic E-state index is 13.5. The predicted molar refractivity (Wildman–Crippen MR) is 151 cm³/mol. The molecule has 5 unspecified atom stereocenters. The Bertz CT molecular complexity index is 1440. The molecule has 11 N–H and O–H groups in total. The van der Waals surface area contributed by atoms with Crippen molar-refractivity contribution in [2.45, 2.75) is 56.5 Å². The van der Waals surface area contributed by atoms with Gasteiger partial charge >= 0.3 is 5.97 Å². The van der Waals surface area contributed by atoms with Gasteiger partial charge in [0.25, 0.3) is 0 Å². The van der Waals surface area contributed by atoms with Gasteiger partial charge in [-0.2, -0.15) is 0 Å². The summed E-state index contributed by atoms with van der Waals surface area (Å²) in [6, 6.07) is 7.68. The summed E-state index contributed by atoms with van der Waals surface area (Å²) in [6.45, 7) is 1.15. The van der Waals surface area contributed by atoms with Crippen molar-refractivity contribution in [3.8, 4) is 5.75 Å². The minimum Gasteiger partial charge on any atom is -0.508 e. The number of benzene rings is 2. The van der Waals surface area contributed by atoms with E-state index in [1.54, 1.807) is 24.4 Å². The number of H-pyrrole nitrogens is 1. The second kappa shape index (κ2) is 14.1. The van der Waals surface area contributed by atoms with Crippen LogP contribution in [0.5, 0.6) is 5.75 Å². The van der Waals surface area contributed by atoms with Gasteiger partial charge in [0.15, 0.2) is 6.04 Å². The molecular weight excluding hydrogens is 548 g/mol. The topological polar surface area (TPSA) is 250 Å². The van der Waals surface area contributed by atoms with E-state index in [-0.39, 0.29) is 18.6 Å². The smallest absolute Gasteiger partial charge is 0.328 e. The van der Waals surface area contributed by atoms with Gasteiger partial charge in [-0.05, 0) is 42.7 Å². The number of para-hydroxylation sites is 1. The lowest BCUT2D eigenvalue weighted by Gasteiger charge is -2.25. The van der Waals surface area contributed by atoms with Crippen LogP contribution in [0.3, 0.4) is 0 Å². The second-order valence-electron chi connectivity index (χ2n) is 9.90. The third-order valence-electron chi connectivity index (χ3n) is 6.55. The SMILES string of the molecule is CC(O)C(NC(=O)C(CC(N)=O)NC(=O)C(Cc1c[nH]c2ccccc12)NC(=O)C(N)Cc1ccc(O)cc1)C(=O)O. The Morgan fingerprint density at radius 3 is 2.12 bits per heavy atom. The molecule has 0 aliphatic rings. The minimum atomic E-state index is -1.72. The molecule has 3 aromatic rings. The fraction of sp³-hybridized carbons (Fsp3) is 0.321. The fourth-order valence-corrected chi connectivity index (χ4v) is 4.31. The number of phenols is 1. The Hall–Kier alpha value is -4.95. The number of aromatic amines is 1. The fourth-order valence-electron chi connectivity index (χ4n) is 4.31. The lowest BCUT2D eigenvalue weighted by Crippen LogP contribution is -2.59. The lowest BCUT2D eigenvalue weighted by molar-refractivity contribution is -0.145. The number of amides is 4. The molecule has 42 heavy (non-hydrogen) atoms. The van der Waals surface area contributed by atoms with Crippen molar-refractivity contribution in [1.82, 2.24) is 20.9 Å². The number of nitrogens with one attached hydrogen (secondary N) is 4. The van der Waals surface area contributed by atoms with Crippen LogP contribution in [0.15, 0.2) is 54.7 Å². The third kappa shape index (κ3) is 8.52. The van der Waals surface area contributed by atoms with E-state index >= 15 is 0 Å². The summed E-state index contributed by atoms with van der Waals surface area (Å²) in [5.41, 5.74) is 13.5. The minimum absolute atomic E-state index is 0.0378. The van der Waals surface area contributed by atoms with Crippen LogP contribution in [-0.4, -0.2) is 80.2 Å². The lowest BCUT2D eigenvalue weighted by atomic mass is 10.0. The van der Waals surface area contributed by atoms with Crippen LogP contribution in [0.2, 0.25) is 0 Å². The number of hydrogen-bond donors (Lipinski definition) is 9. The van der Waals surface area contributed by atoms with E-state index in [9.17, 15) is 39.3 Å². The molecule has 0 aliphatic carbocycles. The molecule has 0 fully saturated rings. The maximum absolute atomic E-state index is 13.5. The van der Waals surface area contributed by atoms with Gasteiger partial charge in [-0.25, -0.2) is 4.79 Å². The van der Waals surface area contributed by atoms with Crippen LogP contribution >= 0.6 is 0 Å². The van der Waals surface area contributed by atoms with Crippen molar-refractivity contribution in [2.75, 3.05) is 0 Å². The molecular formula is C28H34N6O8. The molecule has 14 nitrogen and oxygen atoms in total. The summed E-state index contributed by atoms with van der Waals surface area (Å²) in [5, 5.41) is 36.3. The number of carbonyl (C=O) groups excluding carboxylic acids is 4. The van der Waals surface area contributed by atoms with Crippen molar-refractivity contribution in [1.29, 1.82) is 0 Å². The predicted octanol–water partition coefficient (Wildman–Crippen LogP) is -1.22. The highest BCUT2D eigenvalue weighted by atomic mass is 16.4. The van der Waals surface area contributed by atoms with Crippen molar-refractivity contribution in [2.24, 2.45) is 11.5 Å². The molecule has 3 rings (SSSR count). The average Bonchev–Trinajstić information content (AvgIpc) is 3.34. The van der Waals surface area contributed by atoms with Crippen LogP contribution in [0.1, 0.15) is 24.5 Å². The molecule has 14 heteroatoms. The number of aromatic hydroxyl groups is 1. The van der Waals surface area contributed by atoms with Gasteiger partial charge in [-0.3, -0.25) is 19.2 Å². The van der Waals surface area contributed by atoms with E-state index < -0.39 is 66.3 Å². The molecule has 5 atom stereocenters. The summed E-state index contributed by atoms with van der Waals surface area (Å²) in [4.78, 5) is 65.7. The first-order valence-electron chi connectivity index (χ1n) is 13.0. The number of carboxylic acids is 1. The van der Waals surface area contributed by atoms with Gasteiger partial charge in [0.05, 0.1) is 18.6 Å². The molecule has 1 aromatic heterocycles. The Kier molecular flexibility index (Phi) is 10.6. The highest BCUT2D eigenvalue weighted by molar-refractivity contribution is 5.96. The van der Waals surface area contributed by atoms with E-state index in [2.05, 4.69) is 20.9 Å². The van der Waals surface area contributed by atoms with Crippen LogP contribution in [-0.2, 0) is 36.8 Å². The summed E-state index contributed by atoms with van der Waals surface area (Å²) >= 11 is 0. The van der Waals surface area contributed by atoms with Crippen LogP contribution in [0.4, 0.5) is 0 Å². The monoisotopic (exact) mass is 582 g/mol. The number of phenolic OH excluding ortho intramolecular Hbond substituents is 1. The Labute approximate surface area is 240 Å². The van der Waals surface area contributed by atoms with Crippen LogP contribution in [0.25, 0.3) is 10.9 Å². The van der Waals surface area contributed by atoms with E-state index in [0.717, 1.165) is 17.8 Å². The van der Waals surface area contributed by atoms with Gasteiger partial charge in [-0.1, -0.05) is 30.3 Å². The first kappa shape index (κ1) is 31.6. The highest BCUT2D eigenvalue weighted by Gasteiger charge is 2.33. The van der Waals surface area contributed by atoms with Crippen LogP contribution < -0.4 is 27.4 Å². The van der Waals surface area contributed by atoms with E-state index in [1.165, 1.54) is 12.1 Å². The molecule has 1 heterocycles. The summed E-state index contributed by atoms with van der Waals surface area (Å²) in [5.74, 6) is -5.07. The summed E-state index contributed by atoms with van der Waals surface area (Å²) < 4.78 is 0. The van der Waals surface area contributed by atoms with Gasteiger partial charge in [0.1, 0.15) is 17.8 Å². The van der Waals surface area contributed by atoms with Crippen molar-refractivity contribution in [3.05, 3.63) is 65.9 Å². The second-order valence-corrected chi connectivity index (χ2v) is 9.90. The van der Waals surface area contributed by atoms with Crippen LogP contribution in [0, 0.1) is 0 Å². The first-order valence-corrected chi connectivity index (χ1v) is 13.0. The Morgan fingerprint density at radius 2 is 1.50 bits per heavy atom. The van der Waals surface area contributed by atoms with Gasteiger partial charge in [0, 0.05) is 23.5 Å². The van der Waals surface area contributed by atoms with Gasteiger partial charge in [-0.15, -0.1) is 0 Å². The molecule has 0 bridgehead atoms. The van der Waals surface area contributed by atoms with E-state index in [1.807, 2.05) is 18.2 Å². The number of carbonyl (C=O) groups is 5. The van der Waals surface area contributed by atoms with E-state index in [0.29, 0.717) is 11.1 Å². The van der Waals surface area contributed by atoms with E-state index in [4.69, 9.17) is 11.5 Å². The number of nitrogens with two attached hydrogens (primary N) is 2. The maximum Gasteiger partial charge on any atom is 0.328 e. The molecule has 2 aromatic carbocycles. The molecule has 0 saturated heterocycles. The number of primary amides is 1. The Balaban J connectivity index is 1.84. The zero-order chi connectivity index (χ0) is 31.0. The number of carboxylic acid groups (broad SMARTS) is 1. The van der Waals surface area contributed by atoms with Crippen molar-refractivity contribution < 1.29 is 39.3 Å². The third-order valence-corrected chi connectivity index (χ3v) is 6.55. The normalized spacial score (nSPS) is 14.6. The highest BCUT2D eigenvalue weighted by Crippen LogP contribution is 2.19. The molecule has 0 saturated carbocycles. The molecule has 0 radical (unpaired) electrons. The standard InChI is InChI=1S/C28H34N6O8/c1-14(35)24(28(41)42)34-27(40)22(12-23(30)37)33-26(39)21(11-16-13-31-20-5-3-2-4-18(16)20)32-25(38)19(29)10-15-6-8-17(36)9-7-15/h2-9,13-14,19,21-22,24,31,35-36H,10-12,29H2,1H3,(H2,30,37)(H,32,38)(H,33,39)(H,34,40)(H,41,42). The molecule has 0 spiro atoms. The number of fused-ring (bicyclic) bond motifs is 1. The number of hydrogen-bond acceptors (Lipinski definition) is 8. The number of aliphatic carboxylic acids is 1. The van der Waals surface area contributed by atoms with Gasteiger partial charge in [0.2, 0.25) is 23.6 Å². The number of aliphatic hydroxyl groups excluding tert-OH is 1. The number of rotatable bonds is 14. The zero-order valence-corrected chi connectivity index (χ0v) is 22.7. The largest absolute Gasteiger partial charge is 0.508 e. The average molecular weight is 583 g/mol. The van der Waals surface area contributed by atoms with Crippen molar-refractivity contribution >= 4 is 40.5 Å². The molecule has 4 amide bonds. The van der Waals surface area contributed by atoms with Crippen molar-refractivity contribution in [3.63, 3.8) is 0 Å². The Morgan fingerprint density at radius 1 is 0.881 bits per heavy atom. The number of aromatic nitrogens is 1. The summed E-state index contributed by atoms with van der Waals surface area (Å²) in [7, 11) is 0. The quantitative estimate of drug-likeness (QED) is 0.110.